The van der Waals surface area contributed by atoms with E-state index in [0.717, 1.165) is 11.5 Å². The molecule has 1 amide bonds. The van der Waals surface area contributed by atoms with E-state index in [1.165, 1.54) is 0 Å². The Morgan fingerprint density at radius 2 is 2.11 bits per heavy atom. The maximum absolute atomic E-state index is 12.2. The number of nitrogens with one attached hydrogen (secondary N) is 2. The first-order chi connectivity index (χ1) is 8.80. The predicted octanol–water partition coefficient (Wildman–Crippen LogP) is 1.70. The number of H-pyrrole nitrogens is 1. The van der Waals surface area contributed by atoms with Crippen molar-refractivity contribution in [2.24, 2.45) is 0 Å². The minimum absolute atomic E-state index is 0.243. The number of carbonyl (C=O) groups is 1. The summed E-state index contributed by atoms with van der Waals surface area (Å²) in [5.41, 5.74) is 7.37. The maximum atomic E-state index is 12.2. The van der Waals surface area contributed by atoms with E-state index in [1.807, 2.05) is 20.8 Å². The van der Waals surface area contributed by atoms with Crippen LogP contribution in [-0.2, 0) is 5.41 Å². The molecule has 102 valence electrons. The number of hydrogen-bond donors (Lipinski definition) is 3. The fraction of sp³-hybridized carbons (Fsp3) is 0.455. The molecule has 0 saturated heterocycles. The molecule has 0 fully saturated rings. The monoisotopic (exact) mass is 280 g/mol. The normalized spacial score (nSPS) is 11.6. The van der Waals surface area contributed by atoms with Crippen LogP contribution in [0.2, 0.25) is 0 Å². The molecule has 0 spiro atoms. The summed E-state index contributed by atoms with van der Waals surface area (Å²) in [6, 6.07) is 0. The van der Waals surface area contributed by atoms with Gasteiger partial charge in [0.1, 0.15) is 4.88 Å². The molecule has 0 saturated carbocycles. The predicted molar refractivity (Wildman–Crippen MR) is 74.3 cm³/mol. The molecule has 2 rings (SSSR count). The maximum Gasteiger partial charge on any atom is 0.270 e. The molecule has 7 nitrogen and oxygen atoms in total. The molecule has 0 aliphatic heterocycles. The van der Waals surface area contributed by atoms with E-state index in [1.54, 1.807) is 6.92 Å². The Hall–Kier alpha value is -1.96. The van der Waals surface area contributed by atoms with Crippen molar-refractivity contribution < 1.29 is 4.79 Å². The molecule has 2 aromatic heterocycles. The van der Waals surface area contributed by atoms with Gasteiger partial charge < -0.3 is 11.1 Å². The molecule has 0 bridgehead atoms. The van der Waals surface area contributed by atoms with Gasteiger partial charge in [0, 0.05) is 5.41 Å². The first-order valence-corrected chi connectivity index (χ1v) is 6.52. The van der Waals surface area contributed by atoms with Crippen molar-refractivity contribution in [2.45, 2.75) is 33.1 Å². The lowest BCUT2D eigenvalue weighted by Gasteiger charge is -2.15. The van der Waals surface area contributed by atoms with Crippen molar-refractivity contribution in [3.05, 3.63) is 16.3 Å². The Morgan fingerprint density at radius 3 is 2.63 bits per heavy atom. The van der Waals surface area contributed by atoms with Crippen LogP contribution in [0.5, 0.6) is 0 Å². The number of carbonyl (C=O) groups excluding carboxylic acids is 1. The van der Waals surface area contributed by atoms with Crippen molar-refractivity contribution in [3.63, 3.8) is 0 Å². The minimum atomic E-state index is -0.293. The summed E-state index contributed by atoms with van der Waals surface area (Å²) >= 11 is 1.06. The van der Waals surface area contributed by atoms with Gasteiger partial charge in [-0.15, -0.1) is 5.10 Å². The van der Waals surface area contributed by atoms with Gasteiger partial charge in [-0.05, 0) is 18.5 Å². The highest BCUT2D eigenvalue weighted by Gasteiger charge is 2.27. The average Bonchev–Trinajstić information content (AvgIpc) is 2.90. The van der Waals surface area contributed by atoms with Gasteiger partial charge in [0.25, 0.3) is 5.91 Å². The average molecular weight is 280 g/mol. The van der Waals surface area contributed by atoms with E-state index in [2.05, 4.69) is 25.1 Å². The number of nitrogens with two attached hydrogens (primary N) is 1. The molecule has 19 heavy (non-hydrogen) atoms. The molecule has 2 heterocycles. The quantitative estimate of drug-likeness (QED) is 0.775. The van der Waals surface area contributed by atoms with E-state index < -0.39 is 0 Å². The lowest BCUT2D eigenvalue weighted by atomic mass is 9.91. The Labute approximate surface area is 114 Å². The topological polar surface area (TPSA) is 110 Å². The summed E-state index contributed by atoms with van der Waals surface area (Å²) in [6.45, 7) is 7.72. The Morgan fingerprint density at radius 1 is 1.42 bits per heavy atom. The minimum Gasteiger partial charge on any atom is -0.394 e. The largest absolute Gasteiger partial charge is 0.394 e. The number of rotatable bonds is 2. The van der Waals surface area contributed by atoms with Gasteiger partial charge in [0.2, 0.25) is 0 Å². The molecule has 0 atom stereocenters. The molecule has 0 aromatic carbocycles. The van der Waals surface area contributed by atoms with Gasteiger partial charge in [0.05, 0.1) is 17.1 Å². The van der Waals surface area contributed by atoms with Gasteiger partial charge in [-0.2, -0.15) is 5.10 Å². The second-order valence-electron chi connectivity index (χ2n) is 5.27. The van der Waals surface area contributed by atoms with Crippen molar-refractivity contribution in [3.8, 4) is 0 Å². The third kappa shape index (κ3) is 2.58. The van der Waals surface area contributed by atoms with Gasteiger partial charge in [-0.25, -0.2) is 0 Å². The molecule has 8 heteroatoms. The summed E-state index contributed by atoms with van der Waals surface area (Å²) < 4.78 is 3.85. The Balaban J connectivity index is 2.27. The van der Waals surface area contributed by atoms with E-state index in [9.17, 15) is 4.79 Å². The van der Waals surface area contributed by atoms with E-state index in [4.69, 9.17) is 5.73 Å². The molecule has 0 aliphatic carbocycles. The van der Waals surface area contributed by atoms with Gasteiger partial charge >= 0.3 is 0 Å². The smallest absolute Gasteiger partial charge is 0.270 e. The van der Waals surface area contributed by atoms with E-state index >= 15 is 0 Å². The first-order valence-electron chi connectivity index (χ1n) is 5.75. The van der Waals surface area contributed by atoms with Crippen LogP contribution >= 0.6 is 11.5 Å². The second-order valence-corrected chi connectivity index (χ2v) is 6.02. The van der Waals surface area contributed by atoms with Crippen LogP contribution in [0.1, 0.15) is 41.8 Å². The number of aromatic nitrogens is 4. The number of nitrogen functional groups attached to an aromatic ring is 1. The molecule has 0 unspecified atom stereocenters. The zero-order chi connectivity index (χ0) is 14.2. The number of hydrogen-bond acceptors (Lipinski definition) is 6. The fourth-order valence-corrected chi connectivity index (χ4v) is 2.30. The third-order valence-electron chi connectivity index (χ3n) is 2.63. The van der Waals surface area contributed by atoms with Gasteiger partial charge in [-0.3, -0.25) is 9.89 Å². The number of nitrogens with zero attached hydrogens (tertiary/aromatic N) is 3. The SMILES string of the molecule is Cc1[nH]nc(NC(=O)c2snnc2C(C)(C)C)c1N. The van der Waals surface area contributed by atoms with Crippen LogP contribution in [-0.4, -0.2) is 25.7 Å². The zero-order valence-electron chi connectivity index (χ0n) is 11.2. The second kappa shape index (κ2) is 4.61. The number of amides is 1. The van der Waals surface area contributed by atoms with E-state index in [-0.39, 0.29) is 11.3 Å². The van der Waals surface area contributed by atoms with Crippen molar-refractivity contribution in [2.75, 3.05) is 11.1 Å². The zero-order valence-corrected chi connectivity index (χ0v) is 12.1. The van der Waals surface area contributed by atoms with Crippen LogP contribution in [0.15, 0.2) is 0 Å². The highest BCUT2D eigenvalue weighted by atomic mass is 32.1. The standard InChI is InChI=1S/C11H16N6OS/c1-5-6(12)9(16-14-5)13-10(18)7-8(11(2,3)4)15-17-19-7/h12H2,1-4H3,(H2,13,14,16,18). The fourth-order valence-electron chi connectivity index (χ4n) is 1.53. The summed E-state index contributed by atoms with van der Waals surface area (Å²) in [5.74, 6) is 0.0360. The van der Waals surface area contributed by atoms with Crippen molar-refractivity contribution in [1.29, 1.82) is 0 Å². The van der Waals surface area contributed by atoms with Crippen molar-refractivity contribution in [1.82, 2.24) is 19.8 Å². The summed E-state index contributed by atoms with van der Waals surface area (Å²) in [7, 11) is 0. The summed E-state index contributed by atoms with van der Waals surface area (Å²) in [4.78, 5) is 12.7. The van der Waals surface area contributed by atoms with Crippen LogP contribution in [0.25, 0.3) is 0 Å². The molecular formula is C11H16N6OS. The van der Waals surface area contributed by atoms with E-state index in [0.29, 0.717) is 27.8 Å². The van der Waals surface area contributed by atoms with Gasteiger partial charge in [0.15, 0.2) is 5.82 Å². The van der Waals surface area contributed by atoms with Crippen LogP contribution in [0.4, 0.5) is 11.5 Å². The molecule has 0 aliphatic rings. The Bertz CT molecular complexity index is 609. The summed E-state index contributed by atoms with van der Waals surface area (Å²) in [5, 5.41) is 13.3. The molecule has 2 aromatic rings. The number of aromatic amines is 1. The first kappa shape index (κ1) is 13.5. The lowest BCUT2D eigenvalue weighted by molar-refractivity contribution is 0.102. The number of aryl methyl sites for hydroxylation is 1. The highest BCUT2D eigenvalue weighted by molar-refractivity contribution is 7.08. The third-order valence-corrected chi connectivity index (χ3v) is 3.36. The van der Waals surface area contributed by atoms with Crippen LogP contribution in [0, 0.1) is 6.92 Å². The molecule has 0 radical (unpaired) electrons. The molecular weight excluding hydrogens is 264 g/mol. The highest BCUT2D eigenvalue weighted by Crippen LogP contribution is 2.27. The van der Waals surface area contributed by atoms with Gasteiger partial charge in [-0.1, -0.05) is 25.3 Å². The number of anilines is 2. The van der Waals surface area contributed by atoms with Crippen LogP contribution in [0.3, 0.4) is 0 Å². The summed E-state index contributed by atoms with van der Waals surface area (Å²) in [6.07, 6.45) is 0. The molecule has 4 N–H and O–H groups in total. The van der Waals surface area contributed by atoms with Crippen molar-refractivity contribution >= 4 is 28.9 Å². The lowest BCUT2D eigenvalue weighted by Crippen LogP contribution is -2.20. The Kier molecular flexibility index (Phi) is 3.27. The van der Waals surface area contributed by atoms with Crippen LogP contribution < -0.4 is 11.1 Å².